The van der Waals surface area contributed by atoms with Gasteiger partial charge < -0.3 is 14.6 Å². The number of hydrogen-bond donors (Lipinski definition) is 1. The number of carbonyl (C=O) groups is 1. The molecule has 1 aliphatic carbocycles. The highest BCUT2D eigenvalue weighted by molar-refractivity contribution is 5.85. The van der Waals surface area contributed by atoms with Crippen LogP contribution in [-0.4, -0.2) is 62.6 Å². The molecule has 3 rings (SSSR count). The Hall–Kier alpha value is -1.40. The molecule has 1 amide bonds. The zero-order valence-electron chi connectivity index (χ0n) is 12.8. The van der Waals surface area contributed by atoms with E-state index in [9.17, 15) is 9.90 Å². The summed E-state index contributed by atoms with van der Waals surface area (Å²) in [5, 5.41) is 10.5. The molecule has 1 aromatic heterocycles. The highest BCUT2D eigenvalue weighted by Crippen LogP contribution is 2.33. The predicted octanol–water partition coefficient (Wildman–Crippen LogP) is 0.540. The first-order valence-corrected chi connectivity index (χ1v) is 7.70. The van der Waals surface area contributed by atoms with Crippen LogP contribution in [0, 0.1) is 0 Å². The van der Waals surface area contributed by atoms with Crippen molar-refractivity contribution in [3.8, 4) is 0 Å². The third-order valence-corrected chi connectivity index (χ3v) is 4.92. The van der Waals surface area contributed by atoms with Crippen molar-refractivity contribution in [3.05, 3.63) is 18.2 Å². The second-order valence-corrected chi connectivity index (χ2v) is 6.38. The zero-order chi connectivity index (χ0) is 15.0. The molecule has 0 radical (unpaired) electrons. The van der Waals surface area contributed by atoms with E-state index in [1.54, 1.807) is 6.20 Å². The maximum Gasteiger partial charge on any atom is 0.254 e. The van der Waals surface area contributed by atoms with Crippen molar-refractivity contribution in [1.82, 2.24) is 19.4 Å². The monoisotopic (exact) mass is 292 g/mol. The van der Waals surface area contributed by atoms with Crippen molar-refractivity contribution in [2.75, 3.05) is 26.7 Å². The summed E-state index contributed by atoms with van der Waals surface area (Å²) >= 11 is 0. The minimum absolute atomic E-state index is 0.0905. The van der Waals surface area contributed by atoms with Gasteiger partial charge in [0.2, 0.25) is 0 Å². The third kappa shape index (κ3) is 2.58. The summed E-state index contributed by atoms with van der Waals surface area (Å²) in [5.41, 5.74) is -1.12. The standard InChI is InChI=1S/C15H24N4O2/c1-17-9-10-19(14(20)15(21)5-3-4-6-15)11-12(17)13-16-7-8-18(13)2/h7-8,12,21H,3-6,9-11H2,1-2H3. The van der Waals surface area contributed by atoms with Crippen molar-refractivity contribution in [2.45, 2.75) is 37.3 Å². The van der Waals surface area contributed by atoms with E-state index in [-0.39, 0.29) is 11.9 Å². The van der Waals surface area contributed by atoms with Crippen LogP contribution in [0.1, 0.15) is 37.5 Å². The molecule has 21 heavy (non-hydrogen) atoms. The van der Waals surface area contributed by atoms with Gasteiger partial charge in [-0.3, -0.25) is 9.69 Å². The highest BCUT2D eigenvalue weighted by Gasteiger charge is 2.43. The maximum absolute atomic E-state index is 12.7. The Labute approximate surface area is 125 Å². The SMILES string of the molecule is CN1CCN(C(=O)C2(O)CCCC2)CC1c1nccn1C. The average molecular weight is 292 g/mol. The molecule has 1 aromatic rings. The molecule has 6 nitrogen and oxygen atoms in total. The third-order valence-electron chi connectivity index (χ3n) is 4.92. The number of aliphatic hydroxyl groups is 1. The fourth-order valence-corrected chi connectivity index (χ4v) is 3.50. The number of likely N-dealkylation sites (N-methyl/N-ethyl adjacent to an activating group) is 1. The Bertz CT molecular complexity index is 521. The van der Waals surface area contributed by atoms with Crippen LogP contribution in [0.3, 0.4) is 0 Å². The molecule has 6 heteroatoms. The van der Waals surface area contributed by atoms with E-state index in [2.05, 4.69) is 16.9 Å². The van der Waals surface area contributed by atoms with Crippen molar-refractivity contribution in [3.63, 3.8) is 0 Å². The van der Waals surface area contributed by atoms with Crippen LogP contribution in [0.5, 0.6) is 0 Å². The van der Waals surface area contributed by atoms with E-state index >= 15 is 0 Å². The second-order valence-electron chi connectivity index (χ2n) is 6.38. The van der Waals surface area contributed by atoms with E-state index in [1.165, 1.54) is 0 Å². The summed E-state index contributed by atoms with van der Waals surface area (Å²) in [7, 11) is 4.03. The molecular formula is C15H24N4O2. The zero-order valence-corrected chi connectivity index (χ0v) is 12.8. The highest BCUT2D eigenvalue weighted by atomic mass is 16.3. The van der Waals surface area contributed by atoms with Gasteiger partial charge in [0.05, 0.1) is 6.04 Å². The number of imidazole rings is 1. The van der Waals surface area contributed by atoms with Crippen molar-refractivity contribution >= 4 is 5.91 Å². The molecular weight excluding hydrogens is 268 g/mol. The van der Waals surface area contributed by atoms with Gasteiger partial charge in [-0.2, -0.15) is 0 Å². The molecule has 0 spiro atoms. The lowest BCUT2D eigenvalue weighted by molar-refractivity contribution is -0.153. The van der Waals surface area contributed by atoms with Crippen LogP contribution >= 0.6 is 0 Å². The minimum Gasteiger partial charge on any atom is -0.380 e. The predicted molar refractivity (Wildman–Crippen MR) is 78.6 cm³/mol. The maximum atomic E-state index is 12.7. The molecule has 1 atom stereocenters. The van der Waals surface area contributed by atoms with E-state index < -0.39 is 5.60 Å². The van der Waals surface area contributed by atoms with Crippen LogP contribution in [0.25, 0.3) is 0 Å². The van der Waals surface area contributed by atoms with Crippen molar-refractivity contribution in [1.29, 1.82) is 0 Å². The summed E-state index contributed by atoms with van der Waals surface area (Å²) in [6.45, 7) is 2.08. The number of hydrogen-bond acceptors (Lipinski definition) is 4. The van der Waals surface area contributed by atoms with Crippen LogP contribution in [0.4, 0.5) is 0 Å². The van der Waals surface area contributed by atoms with Gasteiger partial charge in [0.15, 0.2) is 0 Å². The molecule has 1 saturated carbocycles. The average Bonchev–Trinajstić information content (AvgIpc) is 3.08. The number of carbonyl (C=O) groups excluding carboxylic acids is 1. The molecule has 1 N–H and O–H groups in total. The number of rotatable bonds is 2. The van der Waals surface area contributed by atoms with Crippen molar-refractivity contribution < 1.29 is 9.90 Å². The molecule has 2 heterocycles. The first-order chi connectivity index (χ1) is 10.0. The quantitative estimate of drug-likeness (QED) is 0.864. The van der Waals surface area contributed by atoms with Gasteiger partial charge in [-0.1, -0.05) is 0 Å². The normalized spacial score (nSPS) is 26.2. The number of aryl methyl sites for hydroxylation is 1. The molecule has 2 fully saturated rings. The topological polar surface area (TPSA) is 61.6 Å². The Morgan fingerprint density at radius 2 is 2.05 bits per heavy atom. The number of amides is 1. The lowest BCUT2D eigenvalue weighted by atomic mass is 9.99. The van der Waals surface area contributed by atoms with E-state index in [4.69, 9.17) is 0 Å². The first-order valence-electron chi connectivity index (χ1n) is 7.70. The molecule has 1 aliphatic heterocycles. The summed E-state index contributed by atoms with van der Waals surface area (Å²) in [4.78, 5) is 21.1. The first kappa shape index (κ1) is 14.5. The van der Waals surface area contributed by atoms with Gasteiger partial charge in [0.1, 0.15) is 11.4 Å². The summed E-state index contributed by atoms with van der Waals surface area (Å²) < 4.78 is 2.00. The molecule has 116 valence electrons. The minimum atomic E-state index is -1.12. The fourth-order valence-electron chi connectivity index (χ4n) is 3.50. The van der Waals surface area contributed by atoms with Crippen LogP contribution < -0.4 is 0 Å². The fraction of sp³-hybridized carbons (Fsp3) is 0.733. The van der Waals surface area contributed by atoms with E-state index in [1.807, 2.05) is 22.7 Å². The molecule has 0 bridgehead atoms. The lowest BCUT2D eigenvalue weighted by Gasteiger charge is -2.41. The second kappa shape index (κ2) is 5.42. The van der Waals surface area contributed by atoms with Gasteiger partial charge >= 0.3 is 0 Å². The Morgan fingerprint density at radius 3 is 2.67 bits per heavy atom. The van der Waals surface area contributed by atoms with Gasteiger partial charge in [0.25, 0.3) is 5.91 Å². The van der Waals surface area contributed by atoms with Crippen LogP contribution in [-0.2, 0) is 11.8 Å². The Balaban J connectivity index is 1.77. The van der Waals surface area contributed by atoms with Gasteiger partial charge in [0, 0.05) is 39.1 Å². The molecule has 2 aliphatic rings. The summed E-state index contributed by atoms with van der Waals surface area (Å²) in [5.74, 6) is 0.876. The van der Waals surface area contributed by atoms with Crippen LogP contribution in [0.15, 0.2) is 12.4 Å². The number of piperazine rings is 1. The summed E-state index contributed by atoms with van der Waals surface area (Å²) in [6, 6.07) is 0.0905. The summed E-state index contributed by atoms with van der Waals surface area (Å²) in [6.07, 6.45) is 6.80. The Kier molecular flexibility index (Phi) is 3.75. The van der Waals surface area contributed by atoms with Crippen molar-refractivity contribution in [2.24, 2.45) is 7.05 Å². The molecule has 1 saturated heterocycles. The number of aromatic nitrogens is 2. The smallest absolute Gasteiger partial charge is 0.254 e. The van der Waals surface area contributed by atoms with Gasteiger partial charge in [-0.05, 0) is 32.7 Å². The number of nitrogens with zero attached hydrogens (tertiary/aromatic N) is 4. The largest absolute Gasteiger partial charge is 0.380 e. The van der Waals surface area contributed by atoms with Gasteiger partial charge in [-0.15, -0.1) is 0 Å². The van der Waals surface area contributed by atoms with Crippen LogP contribution in [0.2, 0.25) is 0 Å². The lowest BCUT2D eigenvalue weighted by Crippen LogP contribution is -2.55. The molecule has 1 unspecified atom stereocenters. The van der Waals surface area contributed by atoms with E-state index in [0.717, 1.165) is 25.2 Å². The van der Waals surface area contributed by atoms with E-state index in [0.29, 0.717) is 25.9 Å². The van der Waals surface area contributed by atoms with Gasteiger partial charge in [-0.25, -0.2) is 4.98 Å². The molecule has 0 aromatic carbocycles. The Morgan fingerprint density at radius 1 is 1.33 bits per heavy atom.